The van der Waals surface area contributed by atoms with Crippen molar-refractivity contribution in [1.82, 2.24) is 4.57 Å². The minimum Gasteiger partial charge on any atom is -0.507 e. The van der Waals surface area contributed by atoms with Crippen molar-refractivity contribution < 1.29 is 18.7 Å². The largest absolute Gasteiger partial charge is 0.507 e. The summed E-state index contributed by atoms with van der Waals surface area (Å²) in [6, 6.07) is 15.6. The molecule has 4 aromatic rings. The lowest BCUT2D eigenvalue weighted by molar-refractivity contribution is -0.0559. The van der Waals surface area contributed by atoms with Gasteiger partial charge in [-0.25, -0.2) is 4.39 Å². The molecule has 2 aromatic heterocycles. The van der Waals surface area contributed by atoms with Crippen LogP contribution in [0.15, 0.2) is 65.3 Å². The topological polar surface area (TPSA) is 47.5 Å². The van der Waals surface area contributed by atoms with Crippen LogP contribution in [0, 0.1) is 5.82 Å². The van der Waals surface area contributed by atoms with Crippen LogP contribution in [-0.4, -0.2) is 16.3 Å². The molecule has 1 N–H and O–H groups in total. The first-order valence-electron chi connectivity index (χ1n) is 9.64. The molecule has 0 amide bonds. The highest BCUT2D eigenvalue weighted by Crippen LogP contribution is 2.52. The number of halogens is 1. The van der Waals surface area contributed by atoms with Gasteiger partial charge in [-0.15, -0.1) is 0 Å². The molecule has 1 unspecified atom stereocenters. The lowest BCUT2D eigenvalue weighted by atomic mass is 9.77. The summed E-state index contributed by atoms with van der Waals surface area (Å²) in [6.07, 6.45) is 1.63. The molecule has 3 heterocycles. The number of fused-ring (bicyclic) bond motifs is 3. The summed E-state index contributed by atoms with van der Waals surface area (Å²) in [6.45, 7) is 6.67. The van der Waals surface area contributed by atoms with Crippen LogP contribution in [0.1, 0.15) is 37.8 Å². The van der Waals surface area contributed by atoms with E-state index in [0.717, 1.165) is 27.8 Å². The molecule has 0 saturated carbocycles. The summed E-state index contributed by atoms with van der Waals surface area (Å²) in [7, 11) is 0. The Labute approximate surface area is 168 Å². The highest BCUT2D eigenvalue weighted by Gasteiger charge is 2.48. The van der Waals surface area contributed by atoms with Crippen molar-refractivity contribution in [3.05, 3.63) is 83.7 Å². The second-order valence-corrected chi connectivity index (χ2v) is 8.39. The fourth-order valence-electron chi connectivity index (χ4n) is 4.49. The summed E-state index contributed by atoms with van der Waals surface area (Å²) in [5.74, 6) is 0.569. The van der Waals surface area contributed by atoms with E-state index in [4.69, 9.17) is 9.15 Å². The van der Waals surface area contributed by atoms with Crippen LogP contribution in [0.5, 0.6) is 5.75 Å². The van der Waals surface area contributed by atoms with Gasteiger partial charge >= 0.3 is 0 Å². The molecule has 148 valence electrons. The zero-order chi connectivity index (χ0) is 20.4. The number of benzene rings is 2. The van der Waals surface area contributed by atoms with Gasteiger partial charge in [-0.3, -0.25) is 0 Å². The molecule has 0 bridgehead atoms. The van der Waals surface area contributed by atoms with Crippen molar-refractivity contribution in [3.63, 3.8) is 0 Å². The number of aromatic nitrogens is 1. The Morgan fingerprint density at radius 1 is 1.00 bits per heavy atom. The minimum absolute atomic E-state index is 0.179. The lowest BCUT2D eigenvalue weighted by Gasteiger charge is -2.41. The number of nitrogens with zero attached hydrogens (tertiary/aromatic N) is 1. The monoisotopic (exact) mass is 391 g/mol. The number of rotatable bonds is 2. The molecular formula is C24H22FNO3. The molecule has 5 heteroatoms. The fraction of sp³-hybridized carbons (Fsp3) is 0.250. The maximum atomic E-state index is 13.6. The third-order valence-electron chi connectivity index (χ3n) is 5.89. The predicted molar refractivity (Wildman–Crippen MR) is 109 cm³/mol. The molecule has 2 aromatic carbocycles. The van der Waals surface area contributed by atoms with Gasteiger partial charge < -0.3 is 18.8 Å². The van der Waals surface area contributed by atoms with Gasteiger partial charge in [-0.1, -0.05) is 19.9 Å². The number of hydrogen-bond donors (Lipinski definition) is 1. The Balaban J connectivity index is 1.96. The molecular weight excluding hydrogens is 369 g/mol. The van der Waals surface area contributed by atoms with Crippen molar-refractivity contribution in [2.45, 2.75) is 31.8 Å². The molecule has 5 rings (SSSR count). The Bertz CT molecular complexity index is 1210. The molecule has 0 radical (unpaired) electrons. The standard InChI is InChI=1S/C24H22FNO3/c1-23(2)14-29-24(3,19-8-5-13-28-19)21-20-17(6-4-7-18(20)27)26(22(21)23)16-11-9-15(25)10-12-16/h4-13,27H,14H2,1-3H3. The number of aromatic hydroxyl groups is 1. The van der Waals surface area contributed by atoms with Gasteiger partial charge in [0.1, 0.15) is 17.3 Å². The maximum Gasteiger partial charge on any atom is 0.150 e. The highest BCUT2D eigenvalue weighted by molar-refractivity contribution is 5.94. The highest BCUT2D eigenvalue weighted by atomic mass is 19.1. The second kappa shape index (κ2) is 5.97. The van der Waals surface area contributed by atoms with Crippen LogP contribution >= 0.6 is 0 Å². The van der Waals surface area contributed by atoms with Crippen molar-refractivity contribution >= 4 is 10.9 Å². The van der Waals surface area contributed by atoms with E-state index in [1.807, 2.05) is 31.2 Å². The van der Waals surface area contributed by atoms with Crippen LogP contribution in [0.2, 0.25) is 0 Å². The van der Waals surface area contributed by atoms with Gasteiger partial charge in [-0.2, -0.15) is 0 Å². The number of furan rings is 1. The number of phenolic OH excluding ortho intramolecular Hbond substituents is 1. The number of hydrogen-bond acceptors (Lipinski definition) is 3. The van der Waals surface area contributed by atoms with Gasteiger partial charge in [0, 0.05) is 27.7 Å². The normalized spacial score (nSPS) is 20.7. The van der Waals surface area contributed by atoms with Crippen LogP contribution in [-0.2, 0) is 15.8 Å². The average molecular weight is 391 g/mol. The van der Waals surface area contributed by atoms with Gasteiger partial charge in [0.25, 0.3) is 0 Å². The Morgan fingerprint density at radius 3 is 2.45 bits per heavy atom. The molecule has 1 aliphatic rings. The fourth-order valence-corrected chi connectivity index (χ4v) is 4.49. The van der Waals surface area contributed by atoms with E-state index < -0.39 is 5.60 Å². The van der Waals surface area contributed by atoms with Crippen molar-refractivity contribution in [3.8, 4) is 11.4 Å². The summed E-state index contributed by atoms with van der Waals surface area (Å²) in [4.78, 5) is 0. The zero-order valence-electron chi connectivity index (χ0n) is 16.6. The third kappa shape index (κ3) is 2.47. The number of ether oxygens (including phenoxy) is 1. The van der Waals surface area contributed by atoms with Crippen molar-refractivity contribution in [2.75, 3.05) is 6.61 Å². The molecule has 4 nitrogen and oxygen atoms in total. The molecule has 1 aliphatic heterocycles. The molecule has 0 spiro atoms. The van der Waals surface area contributed by atoms with E-state index in [0.29, 0.717) is 12.4 Å². The van der Waals surface area contributed by atoms with Crippen LogP contribution in [0.25, 0.3) is 16.6 Å². The summed E-state index contributed by atoms with van der Waals surface area (Å²) >= 11 is 0. The van der Waals surface area contributed by atoms with E-state index in [2.05, 4.69) is 18.4 Å². The average Bonchev–Trinajstić information content (AvgIpc) is 3.34. The lowest BCUT2D eigenvalue weighted by Crippen LogP contribution is -2.42. The maximum absolute atomic E-state index is 13.6. The third-order valence-corrected chi connectivity index (χ3v) is 5.89. The smallest absolute Gasteiger partial charge is 0.150 e. The van der Waals surface area contributed by atoms with Crippen molar-refractivity contribution in [2.24, 2.45) is 0 Å². The van der Waals surface area contributed by atoms with Crippen LogP contribution in [0.3, 0.4) is 0 Å². The Hall–Kier alpha value is -3.05. The predicted octanol–water partition coefficient (Wildman–Crippen LogP) is 5.64. The number of phenols is 1. The Kier molecular flexibility index (Phi) is 3.71. The molecule has 0 aliphatic carbocycles. The van der Waals surface area contributed by atoms with Gasteiger partial charge in [0.2, 0.25) is 0 Å². The quantitative estimate of drug-likeness (QED) is 0.481. The molecule has 0 fully saturated rings. The SMILES string of the molecule is CC1(C)COC(C)(c2ccco2)c2c1n(-c1ccc(F)cc1)c1cccc(O)c21. The Morgan fingerprint density at radius 2 is 1.76 bits per heavy atom. The first-order valence-corrected chi connectivity index (χ1v) is 9.64. The summed E-state index contributed by atoms with van der Waals surface area (Å²) in [5, 5.41) is 11.6. The summed E-state index contributed by atoms with van der Waals surface area (Å²) < 4.78 is 27.9. The van der Waals surface area contributed by atoms with Crippen LogP contribution < -0.4 is 0 Å². The van der Waals surface area contributed by atoms with Gasteiger partial charge in [0.05, 0.1) is 18.4 Å². The second-order valence-electron chi connectivity index (χ2n) is 8.39. The van der Waals surface area contributed by atoms with Gasteiger partial charge in [0.15, 0.2) is 5.60 Å². The van der Waals surface area contributed by atoms with E-state index in [1.54, 1.807) is 24.5 Å². The first-order chi connectivity index (χ1) is 13.8. The van der Waals surface area contributed by atoms with E-state index in [1.165, 1.54) is 12.1 Å². The zero-order valence-corrected chi connectivity index (χ0v) is 16.6. The van der Waals surface area contributed by atoms with E-state index in [-0.39, 0.29) is 17.0 Å². The minimum atomic E-state index is -0.864. The molecule has 29 heavy (non-hydrogen) atoms. The van der Waals surface area contributed by atoms with E-state index >= 15 is 0 Å². The molecule has 0 saturated heterocycles. The van der Waals surface area contributed by atoms with Crippen LogP contribution in [0.4, 0.5) is 4.39 Å². The van der Waals surface area contributed by atoms with E-state index in [9.17, 15) is 9.50 Å². The first kappa shape index (κ1) is 18.0. The van der Waals surface area contributed by atoms with Crippen molar-refractivity contribution in [1.29, 1.82) is 0 Å². The summed E-state index contributed by atoms with van der Waals surface area (Å²) in [5.41, 5.74) is 2.36. The van der Waals surface area contributed by atoms with Gasteiger partial charge in [-0.05, 0) is 55.5 Å². The molecule has 1 atom stereocenters.